The van der Waals surface area contributed by atoms with Crippen molar-refractivity contribution in [2.75, 3.05) is 46.4 Å². The lowest BCUT2D eigenvalue weighted by molar-refractivity contribution is 0.112. The number of thiocarbonyl (C=S) groups is 1. The number of hydrogen-bond donors (Lipinski definition) is 1. The number of piperazine rings is 1. The number of nitrogens with one attached hydrogen (secondary N) is 1. The van der Waals surface area contributed by atoms with Crippen LogP contribution in [0.25, 0.3) is 0 Å². The minimum Gasteiger partial charge on any atom is -0.496 e. The molecule has 0 bridgehead atoms. The molecule has 2 heterocycles. The molecule has 0 aliphatic carbocycles. The van der Waals surface area contributed by atoms with E-state index in [4.69, 9.17) is 21.7 Å². The molecule has 3 rings (SSSR count). The van der Waals surface area contributed by atoms with Gasteiger partial charge in [-0.05, 0) is 38.0 Å². The van der Waals surface area contributed by atoms with E-state index < -0.39 is 0 Å². The van der Waals surface area contributed by atoms with Crippen molar-refractivity contribution in [2.45, 2.75) is 32.4 Å². The van der Waals surface area contributed by atoms with Crippen LogP contribution in [0.3, 0.4) is 0 Å². The first kappa shape index (κ1) is 18.4. The fourth-order valence-corrected chi connectivity index (χ4v) is 3.77. The predicted octanol–water partition coefficient (Wildman–Crippen LogP) is 2.17. The summed E-state index contributed by atoms with van der Waals surface area (Å²) in [5, 5.41) is 4.24. The van der Waals surface area contributed by atoms with E-state index in [0.29, 0.717) is 6.10 Å². The Hall–Kier alpha value is -1.37. The minimum atomic E-state index is 0.327. The normalized spacial score (nSPS) is 21.4. The molecule has 0 amide bonds. The Morgan fingerprint density at radius 2 is 2.12 bits per heavy atom. The lowest BCUT2D eigenvalue weighted by Gasteiger charge is -2.36. The summed E-state index contributed by atoms with van der Waals surface area (Å²) in [6.07, 6.45) is 2.63. The van der Waals surface area contributed by atoms with Crippen LogP contribution in [0, 0.1) is 6.92 Å². The van der Waals surface area contributed by atoms with Crippen LogP contribution >= 0.6 is 12.2 Å². The molecule has 1 atom stereocenters. The van der Waals surface area contributed by atoms with Crippen molar-refractivity contribution in [3.05, 3.63) is 29.3 Å². The van der Waals surface area contributed by atoms with E-state index in [-0.39, 0.29) is 0 Å². The molecule has 2 fully saturated rings. The maximum atomic E-state index is 5.64. The van der Waals surface area contributed by atoms with Gasteiger partial charge >= 0.3 is 0 Å². The second-order valence-electron chi connectivity index (χ2n) is 6.90. The largest absolute Gasteiger partial charge is 0.496 e. The Kier molecular flexibility index (Phi) is 6.51. The summed E-state index contributed by atoms with van der Waals surface area (Å²) in [5.41, 5.74) is 2.53. The van der Waals surface area contributed by atoms with Crippen molar-refractivity contribution < 1.29 is 9.47 Å². The fraction of sp³-hybridized carbons (Fsp3) is 0.632. The first-order chi connectivity index (χ1) is 12.2. The van der Waals surface area contributed by atoms with Crippen LogP contribution in [0.4, 0.5) is 0 Å². The van der Waals surface area contributed by atoms with Gasteiger partial charge in [0.2, 0.25) is 0 Å². The first-order valence-corrected chi connectivity index (χ1v) is 9.57. The molecular weight excluding hydrogens is 334 g/mol. The Morgan fingerprint density at radius 1 is 1.32 bits per heavy atom. The zero-order valence-electron chi connectivity index (χ0n) is 15.3. The fourth-order valence-electron chi connectivity index (χ4n) is 3.50. The van der Waals surface area contributed by atoms with E-state index in [2.05, 4.69) is 40.2 Å². The molecule has 2 saturated heterocycles. The van der Waals surface area contributed by atoms with Gasteiger partial charge in [0, 0.05) is 51.4 Å². The van der Waals surface area contributed by atoms with Crippen LogP contribution in [0.15, 0.2) is 18.2 Å². The lowest BCUT2D eigenvalue weighted by Crippen LogP contribution is -2.52. The third-order valence-corrected chi connectivity index (χ3v) is 5.40. The number of rotatable bonds is 5. The molecule has 0 aromatic heterocycles. The quantitative estimate of drug-likeness (QED) is 0.808. The van der Waals surface area contributed by atoms with E-state index in [9.17, 15) is 0 Å². The van der Waals surface area contributed by atoms with Gasteiger partial charge in [-0.25, -0.2) is 0 Å². The number of ether oxygens (including phenoxy) is 2. The summed E-state index contributed by atoms with van der Waals surface area (Å²) < 4.78 is 11.1. The van der Waals surface area contributed by atoms with Crippen molar-refractivity contribution in [1.82, 2.24) is 15.1 Å². The molecule has 1 aromatic rings. The number of aryl methyl sites for hydroxylation is 1. The van der Waals surface area contributed by atoms with Crippen molar-refractivity contribution in [1.29, 1.82) is 0 Å². The van der Waals surface area contributed by atoms with Crippen molar-refractivity contribution in [3.63, 3.8) is 0 Å². The second-order valence-corrected chi connectivity index (χ2v) is 7.29. The van der Waals surface area contributed by atoms with Crippen LogP contribution in [0.1, 0.15) is 24.0 Å². The van der Waals surface area contributed by atoms with Crippen LogP contribution in [-0.2, 0) is 11.3 Å². The Morgan fingerprint density at radius 3 is 2.80 bits per heavy atom. The van der Waals surface area contributed by atoms with Gasteiger partial charge in [0.1, 0.15) is 5.75 Å². The van der Waals surface area contributed by atoms with Crippen LogP contribution in [0.2, 0.25) is 0 Å². The Balaban J connectivity index is 1.45. The predicted molar refractivity (Wildman–Crippen MR) is 104 cm³/mol. The molecule has 0 spiro atoms. The molecule has 2 aliphatic rings. The van der Waals surface area contributed by atoms with Gasteiger partial charge in [0.25, 0.3) is 0 Å². The Labute approximate surface area is 156 Å². The molecule has 1 N–H and O–H groups in total. The van der Waals surface area contributed by atoms with Gasteiger partial charge in [-0.15, -0.1) is 0 Å². The molecule has 1 aromatic carbocycles. The van der Waals surface area contributed by atoms with Crippen molar-refractivity contribution in [3.8, 4) is 5.75 Å². The van der Waals surface area contributed by atoms with Crippen LogP contribution < -0.4 is 10.1 Å². The van der Waals surface area contributed by atoms with E-state index in [1.54, 1.807) is 7.11 Å². The maximum Gasteiger partial charge on any atom is 0.169 e. The maximum absolute atomic E-state index is 5.64. The average Bonchev–Trinajstić information content (AvgIpc) is 3.14. The van der Waals surface area contributed by atoms with Crippen molar-refractivity contribution >= 4 is 17.3 Å². The van der Waals surface area contributed by atoms with E-state index in [1.165, 1.54) is 17.5 Å². The number of benzene rings is 1. The number of nitrogens with zero attached hydrogens (tertiary/aromatic N) is 2. The van der Waals surface area contributed by atoms with Gasteiger partial charge in [0.15, 0.2) is 5.11 Å². The Bertz CT molecular complexity index is 582. The molecular formula is C19H29N3O2S. The highest BCUT2D eigenvalue weighted by atomic mass is 32.1. The third-order valence-electron chi connectivity index (χ3n) is 4.99. The SMILES string of the molecule is COc1ccc(C)cc1CN1CCN(C(=S)NC[C@@H]2CCCO2)CC1. The minimum absolute atomic E-state index is 0.327. The summed E-state index contributed by atoms with van der Waals surface area (Å²) in [7, 11) is 1.74. The molecule has 0 unspecified atom stereocenters. The second kappa shape index (κ2) is 8.83. The monoisotopic (exact) mass is 363 g/mol. The van der Waals surface area contributed by atoms with Crippen molar-refractivity contribution in [2.24, 2.45) is 0 Å². The summed E-state index contributed by atoms with van der Waals surface area (Å²) in [4.78, 5) is 4.74. The topological polar surface area (TPSA) is 37.0 Å². The van der Waals surface area contributed by atoms with Crippen LogP contribution in [0.5, 0.6) is 5.75 Å². The van der Waals surface area contributed by atoms with Gasteiger partial charge in [-0.1, -0.05) is 17.7 Å². The van der Waals surface area contributed by atoms with E-state index in [1.807, 2.05) is 0 Å². The molecule has 0 saturated carbocycles. The van der Waals surface area contributed by atoms with Gasteiger partial charge < -0.3 is 19.7 Å². The molecule has 5 nitrogen and oxygen atoms in total. The first-order valence-electron chi connectivity index (χ1n) is 9.16. The summed E-state index contributed by atoms with van der Waals surface area (Å²) >= 11 is 5.55. The highest BCUT2D eigenvalue weighted by Gasteiger charge is 2.21. The van der Waals surface area contributed by atoms with Crippen LogP contribution in [-0.4, -0.2) is 67.5 Å². The third kappa shape index (κ3) is 5.06. The molecule has 0 radical (unpaired) electrons. The zero-order valence-corrected chi connectivity index (χ0v) is 16.1. The van der Waals surface area contributed by atoms with Gasteiger partial charge in [0.05, 0.1) is 13.2 Å². The average molecular weight is 364 g/mol. The summed E-state index contributed by atoms with van der Waals surface area (Å²) in [5.74, 6) is 0.974. The lowest BCUT2D eigenvalue weighted by atomic mass is 10.1. The highest BCUT2D eigenvalue weighted by molar-refractivity contribution is 7.80. The smallest absolute Gasteiger partial charge is 0.169 e. The summed E-state index contributed by atoms with van der Waals surface area (Å²) in [6, 6.07) is 6.38. The number of hydrogen-bond acceptors (Lipinski definition) is 4. The molecule has 138 valence electrons. The summed E-state index contributed by atoms with van der Waals surface area (Å²) in [6.45, 7) is 8.72. The number of methoxy groups -OCH3 is 1. The molecule has 2 aliphatic heterocycles. The van der Waals surface area contributed by atoms with E-state index in [0.717, 1.165) is 63.2 Å². The van der Waals surface area contributed by atoms with E-state index >= 15 is 0 Å². The molecule has 6 heteroatoms. The molecule has 25 heavy (non-hydrogen) atoms. The zero-order chi connectivity index (χ0) is 17.6. The van der Waals surface area contributed by atoms with Gasteiger partial charge in [-0.3, -0.25) is 4.90 Å². The standard InChI is InChI=1S/C19H29N3O2S/c1-15-5-6-18(23-2)16(12-15)14-21-7-9-22(10-8-21)19(25)20-13-17-4-3-11-24-17/h5-6,12,17H,3-4,7-11,13-14H2,1-2H3,(H,20,25)/t17-/m0/s1. The van der Waals surface area contributed by atoms with Gasteiger partial charge in [-0.2, -0.15) is 0 Å². The highest BCUT2D eigenvalue weighted by Crippen LogP contribution is 2.22.